The molecule has 2 aliphatic heterocycles. The first kappa shape index (κ1) is 18.1. The van der Waals surface area contributed by atoms with Crippen molar-refractivity contribution in [1.29, 1.82) is 0 Å². The van der Waals surface area contributed by atoms with Crippen molar-refractivity contribution in [2.45, 2.75) is 70.6 Å². The highest BCUT2D eigenvalue weighted by Gasteiger charge is 2.57. The van der Waals surface area contributed by atoms with E-state index in [1.54, 1.807) is 26.8 Å². The van der Waals surface area contributed by atoms with Gasteiger partial charge >= 0.3 is 11.9 Å². The van der Waals surface area contributed by atoms with Crippen molar-refractivity contribution < 1.29 is 28.9 Å². The Bertz CT molecular complexity index is 636. The number of fused-ring (bicyclic) bond motifs is 2. The summed E-state index contributed by atoms with van der Waals surface area (Å²) in [6.45, 7) is 11.1. The average Bonchev–Trinajstić information content (AvgIpc) is 3.04. The van der Waals surface area contributed by atoms with Gasteiger partial charge in [0.15, 0.2) is 0 Å². The molecule has 2 saturated heterocycles. The fourth-order valence-corrected chi connectivity index (χ4v) is 3.63. The molecule has 0 aromatic carbocycles. The quantitative estimate of drug-likeness (QED) is 0.354. The zero-order valence-corrected chi connectivity index (χ0v) is 15.2. The second kappa shape index (κ2) is 6.25. The van der Waals surface area contributed by atoms with Crippen molar-refractivity contribution in [3.8, 4) is 0 Å². The molecule has 0 saturated carbocycles. The molecule has 2 heterocycles. The van der Waals surface area contributed by atoms with E-state index >= 15 is 0 Å². The minimum absolute atomic E-state index is 0.103. The average molecular weight is 350 g/mol. The zero-order chi connectivity index (χ0) is 18.5. The maximum atomic E-state index is 12.2. The summed E-state index contributed by atoms with van der Waals surface area (Å²) < 4.78 is 17.0. The summed E-state index contributed by atoms with van der Waals surface area (Å²) in [5, 5.41) is 10.4. The summed E-state index contributed by atoms with van der Waals surface area (Å²) in [4.78, 5) is 24.3. The molecule has 0 radical (unpaired) electrons. The van der Waals surface area contributed by atoms with Crippen molar-refractivity contribution in [3.05, 3.63) is 23.8 Å². The number of ether oxygens (including phenoxy) is 3. The Morgan fingerprint density at radius 1 is 1.48 bits per heavy atom. The van der Waals surface area contributed by atoms with Crippen LogP contribution in [0.25, 0.3) is 0 Å². The highest BCUT2D eigenvalue weighted by atomic mass is 16.6. The first-order chi connectivity index (χ1) is 11.6. The minimum atomic E-state index is -0.658. The number of carbonyl (C=O) groups is 2. The van der Waals surface area contributed by atoms with Gasteiger partial charge in [-0.2, -0.15) is 0 Å². The van der Waals surface area contributed by atoms with Crippen LogP contribution in [0.3, 0.4) is 0 Å². The SMILES string of the molecule is C=C1C(=O)O[C@@H]2/C=C(/C)C(O)C[C@H]3O[C@]3(C)CC(OC(=O)C(C)C)[C@@H]12. The lowest BCUT2D eigenvalue weighted by Gasteiger charge is -2.29. The van der Waals surface area contributed by atoms with E-state index in [0.717, 1.165) is 0 Å². The third-order valence-corrected chi connectivity index (χ3v) is 5.43. The largest absolute Gasteiger partial charge is 0.461 e. The number of hydrogen-bond donors (Lipinski definition) is 1. The summed E-state index contributed by atoms with van der Waals surface area (Å²) in [7, 11) is 0. The highest BCUT2D eigenvalue weighted by molar-refractivity contribution is 5.91. The number of aliphatic hydroxyl groups is 1. The Hall–Kier alpha value is -1.66. The van der Waals surface area contributed by atoms with Gasteiger partial charge in [0, 0.05) is 18.4 Å². The minimum Gasteiger partial charge on any atom is -0.461 e. The van der Waals surface area contributed by atoms with Crippen LogP contribution in [0.1, 0.15) is 40.5 Å². The molecule has 1 N–H and O–H groups in total. The second-order valence-corrected chi connectivity index (χ2v) is 7.84. The van der Waals surface area contributed by atoms with Gasteiger partial charge in [-0.1, -0.05) is 20.4 Å². The van der Waals surface area contributed by atoms with Crippen molar-refractivity contribution in [1.82, 2.24) is 0 Å². The van der Waals surface area contributed by atoms with Crippen LogP contribution in [-0.4, -0.2) is 47.1 Å². The van der Waals surface area contributed by atoms with Crippen molar-refractivity contribution >= 4 is 11.9 Å². The lowest BCUT2D eigenvalue weighted by molar-refractivity contribution is -0.157. The smallest absolute Gasteiger partial charge is 0.334 e. The van der Waals surface area contributed by atoms with Crippen LogP contribution in [0, 0.1) is 11.8 Å². The van der Waals surface area contributed by atoms with Crippen LogP contribution in [0.5, 0.6) is 0 Å². The molecule has 3 rings (SSSR count). The Kier molecular flexibility index (Phi) is 4.54. The summed E-state index contributed by atoms with van der Waals surface area (Å²) >= 11 is 0. The van der Waals surface area contributed by atoms with E-state index in [2.05, 4.69) is 6.58 Å². The normalized spacial score (nSPS) is 42.8. The molecule has 0 bridgehead atoms. The van der Waals surface area contributed by atoms with E-state index in [1.807, 2.05) is 6.92 Å². The number of aliphatic hydroxyl groups excluding tert-OH is 1. The van der Waals surface area contributed by atoms with Gasteiger partial charge in [0.25, 0.3) is 0 Å². The molecule has 2 unspecified atom stereocenters. The van der Waals surface area contributed by atoms with Crippen LogP contribution in [0.2, 0.25) is 0 Å². The van der Waals surface area contributed by atoms with E-state index in [-0.39, 0.29) is 18.0 Å². The molecule has 6 heteroatoms. The predicted octanol–water partition coefficient (Wildman–Crippen LogP) is 1.91. The maximum absolute atomic E-state index is 12.2. The van der Waals surface area contributed by atoms with E-state index in [4.69, 9.17) is 14.2 Å². The Labute approximate surface area is 147 Å². The monoisotopic (exact) mass is 350 g/mol. The predicted molar refractivity (Wildman–Crippen MR) is 89.5 cm³/mol. The number of rotatable bonds is 2. The Morgan fingerprint density at radius 3 is 2.80 bits per heavy atom. The molecule has 0 aromatic rings. The molecular formula is C19H26O6. The third kappa shape index (κ3) is 3.37. The fraction of sp³-hybridized carbons (Fsp3) is 0.684. The van der Waals surface area contributed by atoms with Crippen LogP contribution in [0.4, 0.5) is 0 Å². The second-order valence-electron chi connectivity index (χ2n) is 7.84. The first-order valence-electron chi connectivity index (χ1n) is 8.77. The van der Waals surface area contributed by atoms with Crippen molar-refractivity contribution in [2.24, 2.45) is 11.8 Å². The van der Waals surface area contributed by atoms with Gasteiger partial charge in [0.2, 0.25) is 0 Å². The standard InChI is InChI=1S/C19H26O6/c1-9(2)17(21)24-14-8-19(5)15(25-19)7-12(20)10(3)6-13-16(14)11(4)18(22)23-13/h6,9,12-16,20H,4,7-8H2,1-3,5H3/b10-6-/t12?,13-,14?,15-,16+,19-/m1/s1. The van der Waals surface area contributed by atoms with Gasteiger partial charge in [-0.05, 0) is 25.5 Å². The van der Waals surface area contributed by atoms with Crippen LogP contribution in [0.15, 0.2) is 23.8 Å². The van der Waals surface area contributed by atoms with Gasteiger partial charge in [0.1, 0.15) is 12.2 Å². The molecule has 1 aliphatic carbocycles. The van der Waals surface area contributed by atoms with Crippen LogP contribution >= 0.6 is 0 Å². The highest BCUT2D eigenvalue weighted by Crippen LogP contribution is 2.47. The summed E-state index contributed by atoms with van der Waals surface area (Å²) in [5.41, 5.74) is 0.523. The van der Waals surface area contributed by atoms with Crippen molar-refractivity contribution in [2.75, 3.05) is 0 Å². The molecule has 0 aromatic heterocycles. The summed E-state index contributed by atoms with van der Waals surface area (Å²) in [6, 6.07) is 0. The number of esters is 2. The zero-order valence-electron chi connectivity index (χ0n) is 15.2. The van der Waals surface area contributed by atoms with Crippen molar-refractivity contribution in [3.63, 3.8) is 0 Å². The summed E-state index contributed by atoms with van der Waals surface area (Å²) in [6.07, 6.45) is 0.727. The summed E-state index contributed by atoms with van der Waals surface area (Å²) in [5.74, 6) is -1.56. The lowest BCUT2D eigenvalue weighted by atomic mass is 9.82. The van der Waals surface area contributed by atoms with Crippen LogP contribution in [-0.2, 0) is 23.8 Å². The molecular weight excluding hydrogens is 324 g/mol. The molecule has 3 aliphatic rings. The number of epoxide rings is 1. The van der Waals surface area contributed by atoms with Gasteiger partial charge in [-0.25, -0.2) is 4.79 Å². The van der Waals surface area contributed by atoms with E-state index in [9.17, 15) is 14.7 Å². The molecule has 25 heavy (non-hydrogen) atoms. The van der Waals surface area contributed by atoms with Gasteiger partial charge in [0.05, 0.1) is 29.6 Å². The fourth-order valence-electron chi connectivity index (χ4n) is 3.63. The number of carbonyl (C=O) groups excluding carboxylic acids is 2. The molecule has 0 spiro atoms. The molecule has 6 atom stereocenters. The third-order valence-electron chi connectivity index (χ3n) is 5.43. The molecule has 138 valence electrons. The topological polar surface area (TPSA) is 85.4 Å². The number of hydrogen-bond acceptors (Lipinski definition) is 6. The van der Waals surface area contributed by atoms with E-state index in [1.165, 1.54) is 0 Å². The van der Waals surface area contributed by atoms with E-state index in [0.29, 0.717) is 24.0 Å². The lowest BCUT2D eigenvalue weighted by Crippen LogP contribution is -2.38. The molecule has 0 amide bonds. The van der Waals surface area contributed by atoms with E-state index < -0.39 is 35.8 Å². The van der Waals surface area contributed by atoms with Gasteiger partial charge in [-0.15, -0.1) is 0 Å². The van der Waals surface area contributed by atoms with Gasteiger partial charge < -0.3 is 19.3 Å². The van der Waals surface area contributed by atoms with Crippen LogP contribution < -0.4 is 0 Å². The molecule has 2 fully saturated rings. The molecule has 6 nitrogen and oxygen atoms in total. The maximum Gasteiger partial charge on any atom is 0.334 e. The Balaban J connectivity index is 1.97. The van der Waals surface area contributed by atoms with Gasteiger partial charge in [-0.3, -0.25) is 4.79 Å². The Morgan fingerprint density at radius 2 is 2.16 bits per heavy atom. The first-order valence-corrected chi connectivity index (χ1v) is 8.77.